The van der Waals surface area contributed by atoms with Crippen LogP contribution in [0.15, 0.2) is 29.9 Å². The Balaban J connectivity index is 2.67. The monoisotopic (exact) mass is 396 g/mol. The third-order valence-electron chi connectivity index (χ3n) is 5.83. The van der Waals surface area contributed by atoms with Crippen LogP contribution in [0.25, 0.3) is 0 Å². The largest absolute Gasteiger partial charge is 0.507 e. The van der Waals surface area contributed by atoms with E-state index in [1.54, 1.807) is 6.07 Å². The van der Waals surface area contributed by atoms with Crippen molar-refractivity contribution < 1.29 is 15.0 Å². The van der Waals surface area contributed by atoms with E-state index in [9.17, 15) is 20.3 Å². The topological polar surface area (TPSA) is 84.6 Å². The number of nitriles is 1. The van der Waals surface area contributed by atoms with Gasteiger partial charge in [0.05, 0.1) is 5.56 Å². The molecule has 2 rings (SSSR count). The molecule has 0 heterocycles. The summed E-state index contributed by atoms with van der Waals surface area (Å²) in [4.78, 5) is 13.8. The lowest BCUT2D eigenvalue weighted by atomic mass is 9.73. The van der Waals surface area contributed by atoms with Gasteiger partial charge in [0.25, 0.3) is 5.91 Å². The van der Waals surface area contributed by atoms with Crippen LogP contribution in [-0.2, 0) is 6.42 Å². The molecular weight excluding hydrogens is 364 g/mol. The molecule has 1 aromatic carbocycles. The van der Waals surface area contributed by atoms with Gasteiger partial charge in [0.1, 0.15) is 11.5 Å². The van der Waals surface area contributed by atoms with E-state index < -0.39 is 5.91 Å². The van der Waals surface area contributed by atoms with Gasteiger partial charge in [-0.3, -0.25) is 4.79 Å². The Labute approximate surface area is 174 Å². The quantitative estimate of drug-likeness (QED) is 0.280. The molecule has 0 aliphatic heterocycles. The van der Waals surface area contributed by atoms with Gasteiger partial charge in [-0.2, -0.15) is 5.26 Å². The summed E-state index contributed by atoms with van der Waals surface area (Å²) in [5.41, 5.74) is 3.21. The Bertz CT molecular complexity index is 864. The van der Waals surface area contributed by atoms with Crippen LogP contribution < -0.4 is 0 Å². The van der Waals surface area contributed by atoms with Crippen molar-refractivity contribution in [3.63, 3.8) is 0 Å². The molecule has 156 valence electrons. The van der Waals surface area contributed by atoms with Gasteiger partial charge in [-0.05, 0) is 57.1 Å². The van der Waals surface area contributed by atoms with Crippen LogP contribution in [0.1, 0.15) is 80.3 Å². The lowest BCUT2D eigenvalue weighted by molar-refractivity contribution is 0.0854. The zero-order valence-electron chi connectivity index (χ0n) is 18.0. The average Bonchev–Trinajstić information content (AvgIpc) is 2.66. The first-order chi connectivity index (χ1) is 13.7. The van der Waals surface area contributed by atoms with Gasteiger partial charge in [0.15, 0.2) is 6.19 Å². The van der Waals surface area contributed by atoms with Crippen LogP contribution in [0.2, 0.25) is 0 Å². The Morgan fingerprint density at radius 3 is 2.66 bits per heavy atom. The van der Waals surface area contributed by atoms with E-state index in [0.717, 1.165) is 42.6 Å². The van der Waals surface area contributed by atoms with Gasteiger partial charge in [0, 0.05) is 18.5 Å². The summed E-state index contributed by atoms with van der Waals surface area (Å²) in [5, 5.41) is 31.2. The van der Waals surface area contributed by atoms with Gasteiger partial charge in [-0.25, -0.2) is 4.90 Å². The number of amides is 1. The molecule has 2 atom stereocenters. The number of allylic oxidation sites excluding steroid dienone is 3. The van der Waals surface area contributed by atoms with Crippen molar-refractivity contribution in [2.45, 2.75) is 65.2 Å². The molecular formula is C24H32N2O3. The summed E-state index contributed by atoms with van der Waals surface area (Å²) in [5.74, 6) is -0.970. The molecule has 0 bridgehead atoms. The first-order valence-corrected chi connectivity index (χ1v) is 10.3. The number of phenols is 2. The maximum Gasteiger partial charge on any atom is 0.270 e. The average molecular weight is 397 g/mol. The van der Waals surface area contributed by atoms with Crippen LogP contribution in [0.5, 0.6) is 11.5 Å². The second-order valence-electron chi connectivity index (χ2n) is 8.14. The number of unbranched alkanes of at least 4 members (excludes halogenated alkanes) is 2. The molecule has 0 fully saturated rings. The van der Waals surface area contributed by atoms with E-state index in [2.05, 4.69) is 19.6 Å². The van der Waals surface area contributed by atoms with E-state index in [4.69, 9.17) is 0 Å². The predicted octanol–water partition coefficient (Wildman–Crippen LogP) is 5.40. The summed E-state index contributed by atoms with van der Waals surface area (Å²) in [7, 11) is 1.38. The number of carbonyl (C=O) groups excluding carboxylic acids is 1. The first kappa shape index (κ1) is 22.5. The summed E-state index contributed by atoms with van der Waals surface area (Å²) >= 11 is 0. The molecule has 0 saturated heterocycles. The number of hydrogen-bond donors (Lipinski definition) is 2. The van der Waals surface area contributed by atoms with Crippen LogP contribution in [0.4, 0.5) is 0 Å². The highest BCUT2D eigenvalue weighted by atomic mass is 16.3. The third-order valence-corrected chi connectivity index (χ3v) is 5.83. The molecule has 2 N–H and O–H groups in total. The Morgan fingerprint density at radius 2 is 2.07 bits per heavy atom. The fraction of sp³-hybridized carbons (Fsp3) is 0.500. The third kappa shape index (κ3) is 4.82. The highest BCUT2D eigenvalue weighted by Crippen LogP contribution is 2.48. The Morgan fingerprint density at radius 1 is 1.38 bits per heavy atom. The predicted molar refractivity (Wildman–Crippen MR) is 115 cm³/mol. The lowest BCUT2D eigenvalue weighted by Crippen LogP contribution is -2.24. The summed E-state index contributed by atoms with van der Waals surface area (Å²) in [6.45, 7) is 10.2. The SMILES string of the molecule is C=C(C)C1CCC(C)=CC1c1c(O)cc(CCCCC)c(C(=O)N(C)C#N)c1O. The number of aromatic hydroxyl groups is 2. The van der Waals surface area contributed by atoms with E-state index in [0.29, 0.717) is 17.5 Å². The van der Waals surface area contributed by atoms with Crippen molar-refractivity contribution in [3.05, 3.63) is 46.6 Å². The van der Waals surface area contributed by atoms with E-state index in [-0.39, 0.29) is 28.9 Å². The first-order valence-electron chi connectivity index (χ1n) is 10.3. The van der Waals surface area contributed by atoms with Crippen molar-refractivity contribution >= 4 is 5.91 Å². The zero-order valence-corrected chi connectivity index (χ0v) is 18.0. The van der Waals surface area contributed by atoms with Crippen LogP contribution in [0, 0.1) is 17.4 Å². The van der Waals surface area contributed by atoms with Crippen molar-refractivity contribution in [2.24, 2.45) is 5.92 Å². The minimum atomic E-state index is -0.555. The molecule has 29 heavy (non-hydrogen) atoms. The second kappa shape index (κ2) is 9.65. The summed E-state index contributed by atoms with van der Waals surface area (Å²) in [6, 6.07) is 1.59. The molecule has 2 unspecified atom stereocenters. The molecule has 0 spiro atoms. The minimum absolute atomic E-state index is 0.00707. The van der Waals surface area contributed by atoms with Crippen LogP contribution >= 0.6 is 0 Å². The van der Waals surface area contributed by atoms with Gasteiger partial charge >= 0.3 is 0 Å². The van der Waals surface area contributed by atoms with Crippen molar-refractivity contribution in [2.75, 3.05) is 7.05 Å². The van der Waals surface area contributed by atoms with Crippen molar-refractivity contribution in [3.8, 4) is 17.7 Å². The highest BCUT2D eigenvalue weighted by molar-refractivity contribution is 6.00. The van der Waals surface area contributed by atoms with Crippen molar-refractivity contribution in [1.29, 1.82) is 5.26 Å². The second-order valence-corrected chi connectivity index (χ2v) is 8.14. The molecule has 0 radical (unpaired) electrons. The van der Waals surface area contributed by atoms with Gasteiger partial charge in [-0.1, -0.05) is 43.6 Å². The molecule has 1 aliphatic carbocycles. The smallest absolute Gasteiger partial charge is 0.270 e. The maximum absolute atomic E-state index is 12.9. The molecule has 5 heteroatoms. The summed E-state index contributed by atoms with van der Waals surface area (Å²) < 4.78 is 0. The number of aryl methyl sites for hydroxylation is 1. The standard InChI is InChI=1S/C24H32N2O3/c1-6-7-8-9-17-13-20(27)22(23(28)21(17)24(29)26(5)14-25)19-12-16(4)10-11-18(19)15(2)3/h12-13,18-19,27-28H,2,6-11H2,1,3-5H3. The van der Waals surface area contributed by atoms with Crippen molar-refractivity contribution in [1.82, 2.24) is 4.90 Å². The maximum atomic E-state index is 12.9. The van der Waals surface area contributed by atoms with Crippen LogP contribution in [0.3, 0.4) is 0 Å². The Kier molecular flexibility index (Phi) is 7.50. The van der Waals surface area contributed by atoms with Crippen LogP contribution in [-0.4, -0.2) is 28.1 Å². The number of carbonyl (C=O) groups is 1. The number of hydrogen-bond acceptors (Lipinski definition) is 4. The molecule has 0 aromatic heterocycles. The molecule has 5 nitrogen and oxygen atoms in total. The zero-order chi connectivity index (χ0) is 21.7. The Hall–Kier alpha value is -2.74. The van der Waals surface area contributed by atoms with E-state index in [1.165, 1.54) is 12.6 Å². The lowest BCUT2D eigenvalue weighted by Gasteiger charge is -2.32. The number of phenolic OH excluding ortho intramolecular Hbond substituents is 2. The fourth-order valence-corrected chi connectivity index (χ4v) is 4.17. The minimum Gasteiger partial charge on any atom is -0.507 e. The summed E-state index contributed by atoms with van der Waals surface area (Å²) in [6.07, 6.45) is 9.07. The number of rotatable bonds is 7. The fourth-order valence-electron chi connectivity index (χ4n) is 4.17. The van der Waals surface area contributed by atoms with Gasteiger partial charge in [-0.15, -0.1) is 0 Å². The number of benzene rings is 1. The molecule has 1 aliphatic rings. The molecule has 1 aromatic rings. The van der Waals surface area contributed by atoms with E-state index >= 15 is 0 Å². The van der Waals surface area contributed by atoms with Gasteiger partial charge < -0.3 is 10.2 Å². The highest BCUT2D eigenvalue weighted by Gasteiger charge is 2.33. The van der Waals surface area contributed by atoms with E-state index in [1.807, 2.05) is 20.0 Å². The molecule has 0 saturated carbocycles. The number of nitrogens with zero attached hydrogens (tertiary/aromatic N) is 2. The molecule has 1 amide bonds. The normalized spacial score (nSPS) is 18.7. The van der Waals surface area contributed by atoms with Gasteiger partial charge in [0.2, 0.25) is 0 Å².